The van der Waals surface area contributed by atoms with E-state index in [1.54, 1.807) is 10.9 Å². The molecule has 4 rings (SSSR count). The van der Waals surface area contributed by atoms with E-state index in [1.807, 2.05) is 43.0 Å². The van der Waals surface area contributed by atoms with E-state index in [9.17, 15) is 4.79 Å². The van der Waals surface area contributed by atoms with Gasteiger partial charge in [-0.25, -0.2) is 14.6 Å². The Morgan fingerprint density at radius 2 is 1.93 bits per heavy atom. The van der Waals surface area contributed by atoms with Crippen molar-refractivity contribution in [3.8, 4) is 5.69 Å². The zero-order valence-corrected chi connectivity index (χ0v) is 17.2. The summed E-state index contributed by atoms with van der Waals surface area (Å²) >= 11 is 7.37. The predicted molar refractivity (Wildman–Crippen MR) is 109 cm³/mol. The molecule has 3 aromatic rings. The molecule has 1 aromatic carbocycles. The second-order valence-corrected chi connectivity index (χ2v) is 8.19. The average Bonchev–Trinajstić information content (AvgIpc) is 3.10. The third-order valence-corrected chi connectivity index (χ3v) is 5.75. The molecule has 2 unspecified atom stereocenters. The summed E-state index contributed by atoms with van der Waals surface area (Å²) in [6.07, 6.45) is 3.35. The molecule has 1 aliphatic rings. The van der Waals surface area contributed by atoms with Crippen LogP contribution in [0.25, 0.3) is 16.7 Å². The van der Waals surface area contributed by atoms with Crippen LogP contribution < -0.4 is 0 Å². The Morgan fingerprint density at radius 3 is 2.64 bits per heavy atom. The van der Waals surface area contributed by atoms with E-state index < -0.39 is 0 Å². The molecule has 0 saturated carbocycles. The first-order valence-corrected chi connectivity index (χ1v) is 10.4. The van der Waals surface area contributed by atoms with E-state index in [1.165, 1.54) is 18.1 Å². The van der Waals surface area contributed by atoms with Crippen LogP contribution in [0.1, 0.15) is 13.8 Å². The molecule has 0 bridgehead atoms. The molecule has 2 aromatic heterocycles. The van der Waals surface area contributed by atoms with E-state index in [0.29, 0.717) is 29.5 Å². The van der Waals surface area contributed by atoms with Crippen molar-refractivity contribution in [2.45, 2.75) is 31.1 Å². The molecule has 0 radical (unpaired) electrons. The van der Waals surface area contributed by atoms with Gasteiger partial charge >= 0.3 is 0 Å². The highest BCUT2D eigenvalue weighted by molar-refractivity contribution is 8.00. The fourth-order valence-electron chi connectivity index (χ4n) is 3.31. The average molecular weight is 418 g/mol. The number of aromatic nitrogens is 4. The number of carbonyl (C=O) groups is 1. The van der Waals surface area contributed by atoms with Gasteiger partial charge in [0.1, 0.15) is 11.4 Å². The lowest BCUT2D eigenvalue weighted by Gasteiger charge is -2.35. The first kappa shape index (κ1) is 19.2. The number of rotatable bonds is 4. The number of carbonyl (C=O) groups excluding carboxylic acids is 1. The van der Waals surface area contributed by atoms with Crippen molar-refractivity contribution in [1.82, 2.24) is 24.6 Å². The van der Waals surface area contributed by atoms with Gasteiger partial charge in [-0.15, -0.1) is 0 Å². The largest absolute Gasteiger partial charge is 0.372 e. The third-order valence-electron chi connectivity index (χ3n) is 4.51. The summed E-state index contributed by atoms with van der Waals surface area (Å²) in [5.41, 5.74) is 1.56. The maximum absolute atomic E-state index is 12.6. The number of halogens is 1. The zero-order valence-electron chi connectivity index (χ0n) is 15.6. The first-order valence-electron chi connectivity index (χ1n) is 9.02. The van der Waals surface area contributed by atoms with Crippen LogP contribution in [-0.4, -0.2) is 61.6 Å². The van der Waals surface area contributed by atoms with Crippen molar-refractivity contribution in [3.05, 3.63) is 41.8 Å². The lowest BCUT2D eigenvalue weighted by molar-refractivity contribution is -0.140. The highest BCUT2D eigenvalue weighted by Gasteiger charge is 2.26. The van der Waals surface area contributed by atoms with E-state index in [2.05, 4.69) is 15.1 Å². The van der Waals surface area contributed by atoms with Crippen molar-refractivity contribution >= 4 is 40.3 Å². The van der Waals surface area contributed by atoms with Crippen molar-refractivity contribution in [1.29, 1.82) is 0 Å². The molecular weight excluding hydrogens is 398 g/mol. The van der Waals surface area contributed by atoms with E-state index in [0.717, 1.165) is 16.1 Å². The summed E-state index contributed by atoms with van der Waals surface area (Å²) < 4.78 is 7.44. The quantitative estimate of drug-likeness (QED) is 0.479. The lowest BCUT2D eigenvalue weighted by atomic mass is 10.2. The van der Waals surface area contributed by atoms with E-state index in [4.69, 9.17) is 16.3 Å². The van der Waals surface area contributed by atoms with Crippen molar-refractivity contribution in [3.63, 3.8) is 0 Å². The third kappa shape index (κ3) is 3.99. The summed E-state index contributed by atoms with van der Waals surface area (Å²) in [7, 11) is 0. The molecule has 28 heavy (non-hydrogen) atoms. The fourth-order valence-corrected chi connectivity index (χ4v) is 4.30. The Labute approximate surface area is 172 Å². The van der Waals surface area contributed by atoms with Crippen LogP contribution in [0.3, 0.4) is 0 Å². The van der Waals surface area contributed by atoms with Gasteiger partial charge in [-0.3, -0.25) is 4.79 Å². The van der Waals surface area contributed by atoms with Crippen LogP contribution in [0, 0.1) is 0 Å². The first-order chi connectivity index (χ1) is 13.5. The highest BCUT2D eigenvalue weighted by Crippen LogP contribution is 2.26. The van der Waals surface area contributed by atoms with Crippen molar-refractivity contribution in [2.24, 2.45) is 0 Å². The van der Waals surface area contributed by atoms with E-state index in [-0.39, 0.29) is 18.1 Å². The van der Waals surface area contributed by atoms with Gasteiger partial charge in [0, 0.05) is 18.1 Å². The topological polar surface area (TPSA) is 73.1 Å². The molecule has 146 valence electrons. The molecule has 0 aliphatic carbocycles. The second-order valence-electron chi connectivity index (χ2n) is 6.79. The molecular formula is C19H20ClN5O2S. The Balaban J connectivity index is 1.52. The standard InChI is InChI=1S/C19H20ClN5O2S/c1-12-8-24(9-13(2)27-12)17(26)10-28-19-16-7-23-25(18(16)21-11-22-19)15-5-3-14(20)4-6-15/h3-7,11-13H,8-10H2,1-2H3. The SMILES string of the molecule is CC1CN(C(=O)CSc2ncnc3c2cnn3-c2ccc(Cl)cc2)CC(C)O1. The van der Waals surface area contributed by atoms with E-state index >= 15 is 0 Å². The van der Waals surface area contributed by atoms with Gasteiger partial charge in [0.05, 0.1) is 35.2 Å². The molecule has 1 saturated heterocycles. The van der Waals surface area contributed by atoms with Gasteiger partial charge in [-0.1, -0.05) is 23.4 Å². The van der Waals surface area contributed by atoms with Crippen molar-refractivity contribution < 1.29 is 9.53 Å². The Hall–Kier alpha value is -2.16. The second kappa shape index (κ2) is 8.06. The van der Waals surface area contributed by atoms with Crippen LogP contribution in [0.4, 0.5) is 0 Å². The van der Waals surface area contributed by atoms with Gasteiger partial charge < -0.3 is 9.64 Å². The zero-order chi connectivity index (χ0) is 19.7. The van der Waals surface area contributed by atoms with Crippen LogP contribution in [0.5, 0.6) is 0 Å². The van der Waals surface area contributed by atoms with Crippen molar-refractivity contribution in [2.75, 3.05) is 18.8 Å². The lowest BCUT2D eigenvalue weighted by Crippen LogP contribution is -2.48. The van der Waals surface area contributed by atoms with Gasteiger partial charge in [0.15, 0.2) is 5.65 Å². The molecule has 9 heteroatoms. The molecule has 3 heterocycles. The fraction of sp³-hybridized carbons (Fsp3) is 0.368. The van der Waals surface area contributed by atoms with Gasteiger partial charge in [0.2, 0.25) is 5.91 Å². The summed E-state index contributed by atoms with van der Waals surface area (Å²) in [4.78, 5) is 23.2. The molecule has 1 fully saturated rings. The Bertz CT molecular complexity index is 984. The number of morpholine rings is 1. The highest BCUT2D eigenvalue weighted by atomic mass is 35.5. The van der Waals surface area contributed by atoms with Crippen LogP contribution in [-0.2, 0) is 9.53 Å². The maximum atomic E-state index is 12.6. The number of hydrogen-bond donors (Lipinski definition) is 0. The Morgan fingerprint density at radius 1 is 1.21 bits per heavy atom. The van der Waals surface area contributed by atoms with Crippen LogP contribution >= 0.6 is 23.4 Å². The number of benzene rings is 1. The van der Waals surface area contributed by atoms with Gasteiger partial charge in [0.25, 0.3) is 0 Å². The maximum Gasteiger partial charge on any atom is 0.233 e. The molecule has 1 aliphatic heterocycles. The number of fused-ring (bicyclic) bond motifs is 1. The molecule has 7 nitrogen and oxygen atoms in total. The summed E-state index contributed by atoms with van der Waals surface area (Å²) in [6.45, 7) is 5.22. The number of hydrogen-bond acceptors (Lipinski definition) is 6. The summed E-state index contributed by atoms with van der Waals surface area (Å²) in [6, 6.07) is 7.39. The number of ether oxygens (including phenoxy) is 1. The van der Waals surface area contributed by atoms with Gasteiger partial charge in [-0.2, -0.15) is 5.10 Å². The number of amides is 1. The monoisotopic (exact) mass is 417 g/mol. The molecule has 0 N–H and O–H groups in total. The smallest absolute Gasteiger partial charge is 0.233 e. The number of nitrogens with zero attached hydrogens (tertiary/aromatic N) is 5. The Kier molecular flexibility index (Phi) is 5.52. The molecule has 0 spiro atoms. The minimum absolute atomic E-state index is 0.0565. The minimum atomic E-state index is 0.0565. The molecule has 2 atom stereocenters. The number of thioether (sulfide) groups is 1. The predicted octanol–water partition coefficient (Wildman–Crippen LogP) is 3.20. The normalized spacial score (nSPS) is 19.9. The minimum Gasteiger partial charge on any atom is -0.372 e. The van der Waals surface area contributed by atoms with Gasteiger partial charge in [-0.05, 0) is 38.1 Å². The van der Waals surface area contributed by atoms with Crippen LogP contribution in [0.15, 0.2) is 41.8 Å². The molecule has 1 amide bonds. The van der Waals surface area contributed by atoms with Crippen LogP contribution in [0.2, 0.25) is 5.02 Å². The summed E-state index contributed by atoms with van der Waals surface area (Å²) in [5, 5.41) is 6.66. The summed E-state index contributed by atoms with van der Waals surface area (Å²) in [5.74, 6) is 0.404.